The van der Waals surface area contributed by atoms with Crippen LogP contribution in [0.5, 0.6) is 23.0 Å². The van der Waals surface area contributed by atoms with Gasteiger partial charge in [-0.05, 0) is 61.0 Å². The molecule has 0 radical (unpaired) electrons. The van der Waals surface area contributed by atoms with Gasteiger partial charge in [-0.1, -0.05) is 36.4 Å². The van der Waals surface area contributed by atoms with E-state index in [-0.39, 0.29) is 24.9 Å². The van der Waals surface area contributed by atoms with Crippen LogP contribution in [0.15, 0.2) is 91.0 Å². The van der Waals surface area contributed by atoms with Gasteiger partial charge in [-0.3, -0.25) is 25.2 Å². The molecular weight excluding hydrogens is 598 g/mol. The van der Waals surface area contributed by atoms with Gasteiger partial charge in [-0.2, -0.15) is 0 Å². The fraction of sp³-hybridized carbons (Fsp3) is 0.139. The summed E-state index contributed by atoms with van der Waals surface area (Å²) in [6, 6.07) is 27.4. The average Bonchev–Trinajstić information content (AvgIpc) is 3.84. The molecule has 0 spiro atoms. The van der Waals surface area contributed by atoms with Crippen LogP contribution >= 0.6 is 0 Å². The number of aryl methyl sites for hydroxylation is 1. The van der Waals surface area contributed by atoms with Gasteiger partial charge in [0.15, 0.2) is 11.5 Å². The molecule has 2 aliphatic heterocycles. The van der Waals surface area contributed by atoms with Crippen molar-refractivity contribution in [1.29, 1.82) is 0 Å². The Bertz CT molecular complexity index is 2250. The Balaban J connectivity index is 0.978. The molecule has 11 nitrogen and oxygen atoms in total. The van der Waals surface area contributed by atoms with Gasteiger partial charge in [0.2, 0.25) is 6.79 Å². The minimum atomic E-state index is -0.537. The summed E-state index contributed by atoms with van der Waals surface area (Å²) in [5.74, 6) is 1.13. The zero-order valence-electron chi connectivity index (χ0n) is 25.5. The minimum absolute atomic E-state index is 0.176. The molecule has 6 aromatic rings. The van der Waals surface area contributed by atoms with E-state index >= 15 is 0 Å². The van der Waals surface area contributed by atoms with Crippen molar-refractivity contribution in [3.63, 3.8) is 0 Å². The number of aromatic nitrogens is 2. The first-order valence-electron chi connectivity index (χ1n) is 15.1. The first-order valence-corrected chi connectivity index (χ1v) is 15.1. The number of fused-ring (bicyclic) bond motifs is 4. The number of ether oxygens (including phenoxy) is 3. The van der Waals surface area contributed by atoms with Crippen molar-refractivity contribution in [2.24, 2.45) is 7.05 Å². The van der Waals surface area contributed by atoms with E-state index in [0.29, 0.717) is 34.1 Å². The fourth-order valence-electron chi connectivity index (χ4n) is 6.50. The summed E-state index contributed by atoms with van der Waals surface area (Å²) in [4.78, 5) is 44.6. The third-order valence-corrected chi connectivity index (χ3v) is 8.83. The molecule has 11 heteroatoms. The van der Waals surface area contributed by atoms with Crippen LogP contribution in [0.3, 0.4) is 0 Å². The van der Waals surface area contributed by atoms with Gasteiger partial charge in [-0.25, -0.2) is 0 Å². The summed E-state index contributed by atoms with van der Waals surface area (Å²) in [6.07, 6.45) is 0. The predicted molar refractivity (Wildman–Crippen MR) is 174 cm³/mol. The molecule has 1 unspecified atom stereocenters. The SMILES string of the molecule is Cc1c(C2c3ccccc3C(=O)N2CC(=O)NNC(=O)c2cc3cc(Oc4ccc5c(c4)OCO5)ccc3[nH]2)c2ccccc2n1C. The van der Waals surface area contributed by atoms with Crippen molar-refractivity contribution in [2.75, 3.05) is 13.3 Å². The number of para-hydroxylation sites is 1. The van der Waals surface area contributed by atoms with Gasteiger partial charge in [0.1, 0.15) is 23.7 Å². The molecule has 2 aromatic heterocycles. The third-order valence-electron chi connectivity index (χ3n) is 8.83. The lowest BCUT2D eigenvalue weighted by Gasteiger charge is -2.26. The molecule has 0 fully saturated rings. The van der Waals surface area contributed by atoms with E-state index in [0.717, 1.165) is 33.1 Å². The Morgan fingerprint density at radius 2 is 1.68 bits per heavy atom. The van der Waals surface area contributed by atoms with Crippen molar-refractivity contribution in [3.05, 3.63) is 119 Å². The smallest absolute Gasteiger partial charge is 0.286 e. The number of hydrogen-bond acceptors (Lipinski definition) is 6. The first-order chi connectivity index (χ1) is 22.9. The number of hydrogen-bond donors (Lipinski definition) is 3. The number of rotatable bonds is 6. The first kappa shape index (κ1) is 28.3. The van der Waals surface area contributed by atoms with E-state index in [1.807, 2.05) is 56.4 Å². The van der Waals surface area contributed by atoms with Crippen molar-refractivity contribution < 1.29 is 28.6 Å². The second-order valence-electron chi connectivity index (χ2n) is 11.5. The highest BCUT2D eigenvalue weighted by atomic mass is 16.7. The van der Waals surface area contributed by atoms with Gasteiger partial charge >= 0.3 is 0 Å². The number of carbonyl (C=O) groups excluding carboxylic acids is 3. The van der Waals surface area contributed by atoms with E-state index in [4.69, 9.17) is 14.2 Å². The topological polar surface area (TPSA) is 127 Å². The lowest BCUT2D eigenvalue weighted by molar-refractivity contribution is -0.122. The molecule has 2 aliphatic rings. The maximum Gasteiger partial charge on any atom is 0.286 e. The Morgan fingerprint density at radius 1 is 0.915 bits per heavy atom. The van der Waals surface area contributed by atoms with E-state index in [9.17, 15) is 14.4 Å². The van der Waals surface area contributed by atoms with Crippen LogP contribution in [0, 0.1) is 6.92 Å². The molecule has 0 saturated heterocycles. The fourth-order valence-corrected chi connectivity index (χ4v) is 6.50. The minimum Gasteiger partial charge on any atom is -0.457 e. The second-order valence-corrected chi connectivity index (χ2v) is 11.5. The number of amides is 3. The maximum absolute atomic E-state index is 13.6. The standard InChI is InChI=1S/C36H29N5O6/c1-20-33(26-9-5-6-10-29(26)40(20)2)34-24-7-3-4-8-25(24)36(44)41(34)18-32(42)38-39-35(43)28-16-21-15-22(11-13-27(21)37-28)47-23-12-14-30-31(17-23)46-19-45-30/h3-17,34,37H,18-19H2,1-2H3,(H,38,42)(H,39,43). The number of benzene rings is 4. The zero-order valence-corrected chi connectivity index (χ0v) is 25.5. The predicted octanol–water partition coefficient (Wildman–Crippen LogP) is 5.50. The van der Waals surface area contributed by atoms with Crippen LogP contribution in [-0.4, -0.2) is 45.5 Å². The Hall–Kier alpha value is -6.23. The van der Waals surface area contributed by atoms with Gasteiger partial charge in [0.25, 0.3) is 17.7 Å². The second kappa shape index (κ2) is 11.0. The summed E-state index contributed by atoms with van der Waals surface area (Å²) >= 11 is 0. The molecule has 0 saturated carbocycles. The van der Waals surface area contributed by atoms with Crippen molar-refractivity contribution in [3.8, 4) is 23.0 Å². The summed E-state index contributed by atoms with van der Waals surface area (Å²) < 4.78 is 18.9. The monoisotopic (exact) mass is 627 g/mol. The molecule has 1 atom stereocenters. The lowest BCUT2D eigenvalue weighted by atomic mass is 9.95. The van der Waals surface area contributed by atoms with Crippen LogP contribution < -0.4 is 25.1 Å². The third kappa shape index (κ3) is 4.80. The van der Waals surface area contributed by atoms with Crippen LogP contribution in [0.25, 0.3) is 21.8 Å². The zero-order chi connectivity index (χ0) is 32.2. The van der Waals surface area contributed by atoms with E-state index in [1.165, 1.54) is 0 Å². The number of nitrogens with zero attached hydrogens (tertiary/aromatic N) is 2. The van der Waals surface area contributed by atoms with Gasteiger partial charge in [0, 0.05) is 51.7 Å². The van der Waals surface area contributed by atoms with Crippen LogP contribution in [0.4, 0.5) is 0 Å². The maximum atomic E-state index is 13.6. The molecule has 0 bridgehead atoms. The molecule has 234 valence electrons. The number of H-pyrrole nitrogens is 1. The Labute approximate surface area is 268 Å². The molecule has 47 heavy (non-hydrogen) atoms. The highest BCUT2D eigenvalue weighted by Gasteiger charge is 2.40. The normalized spacial score (nSPS) is 14.9. The number of aromatic amines is 1. The molecular formula is C36H29N5O6. The summed E-state index contributed by atoms with van der Waals surface area (Å²) in [5, 5.41) is 1.76. The summed E-state index contributed by atoms with van der Waals surface area (Å²) in [6.45, 7) is 1.94. The largest absolute Gasteiger partial charge is 0.457 e. The number of carbonyl (C=O) groups is 3. The Morgan fingerprint density at radius 3 is 2.57 bits per heavy atom. The number of hydrazine groups is 1. The van der Waals surface area contributed by atoms with E-state index in [1.54, 1.807) is 53.4 Å². The highest BCUT2D eigenvalue weighted by molar-refractivity contribution is 6.03. The van der Waals surface area contributed by atoms with Crippen molar-refractivity contribution in [2.45, 2.75) is 13.0 Å². The lowest BCUT2D eigenvalue weighted by Crippen LogP contribution is -2.47. The molecule has 3 N–H and O–H groups in total. The van der Waals surface area contributed by atoms with E-state index in [2.05, 4.69) is 20.4 Å². The number of nitrogens with one attached hydrogen (secondary N) is 3. The van der Waals surface area contributed by atoms with Crippen molar-refractivity contribution >= 4 is 39.5 Å². The van der Waals surface area contributed by atoms with E-state index < -0.39 is 17.9 Å². The molecule has 0 aliphatic carbocycles. The summed E-state index contributed by atoms with van der Waals surface area (Å²) in [5.41, 5.74) is 10.3. The molecule has 3 amide bonds. The Kier molecular flexibility index (Phi) is 6.60. The van der Waals surface area contributed by atoms with Gasteiger partial charge in [-0.15, -0.1) is 0 Å². The molecule has 4 heterocycles. The van der Waals surface area contributed by atoms with Crippen LogP contribution in [0.1, 0.15) is 43.7 Å². The summed E-state index contributed by atoms with van der Waals surface area (Å²) in [7, 11) is 1.99. The van der Waals surface area contributed by atoms with Gasteiger partial charge < -0.3 is 28.7 Å². The highest BCUT2D eigenvalue weighted by Crippen LogP contribution is 2.43. The van der Waals surface area contributed by atoms with Gasteiger partial charge in [0.05, 0.1) is 6.04 Å². The van der Waals surface area contributed by atoms with Crippen LogP contribution in [0.2, 0.25) is 0 Å². The average molecular weight is 628 g/mol. The van der Waals surface area contributed by atoms with Crippen LogP contribution in [-0.2, 0) is 11.8 Å². The molecule has 8 rings (SSSR count). The quantitative estimate of drug-likeness (QED) is 0.210. The molecule has 4 aromatic carbocycles. The van der Waals surface area contributed by atoms with Crippen molar-refractivity contribution in [1.82, 2.24) is 25.3 Å².